The molecule has 0 unspecified atom stereocenters. The van der Waals surface area contributed by atoms with Gasteiger partial charge in [-0.1, -0.05) is 26.8 Å². The molecule has 14 heavy (non-hydrogen) atoms. The minimum absolute atomic E-state index is 0.579. The van der Waals surface area contributed by atoms with Crippen LogP contribution in [0.5, 0.6) is 0 Å². The summed E-state index contributed by atoms with van der Waals surface area (Å²) in [6.07, 6.45) is 1.01. The molecule has 0 aliphatic heterocycles. The van der Waals surface area contributed by atoms with Crippen LogP contribution < -0.4 is 0 Å². The number of aryl methyl sites for hydroxylation is 1. The Morgan fingerprint density at radius 2 is 1.93 bits per heavy atom. The highest BCUT2D eigenvalue weighted by molar-refractivity contribution is 7.80. The number of rotatable bonds is 2. The number of hydrogen-bond donors (Lipinski definition) is 2. The molecule has 1 N–H and O–H groups in total. The van der Waals surface area contributed by atoms with Crippen LogP contribution in [-0.2, 0) is 6.42 Å². The molecule has 0 saturated carbocycles. The Morgan fingerprint density at radius 1 is 1.36 bits per heavy atom. The Kier molecular flexibility index (Phi) is 6.30. The van der Waals surface area contributed by atoms with Crippen LogP contribution >= 0.6 is 12.6 Å². The molecule has 78 valence electrons. The van der Waals surface area contributed by atoms with Gasteiger partial charge in [0.15, 0.2) is 0 Å². The van der Waals surface area contributed by atoms with E-state index in [1.165, 1.54) is 5.56 Å². The maximum absolute atomic E-state index is 7.50. The van der Waals surface area contributed by atoms with E-state index in [2.05, 4.69) is 25.6 Å². The lowest BCUT2D eigenvalue weighted by atomic mass is 10.1. The topological polar surface area (TPSA) is 23.9 Å². The molecule has 2 heteroatoms. The van der Waals surface area contributed by atoms with E-state index in [-0.39, 0.29) is 0 Å². The van der Waals surface area contributed by atoms with Gasteiger partial charge in [-0.05, 0) is 31.0 Å². The lowest BCUT2D eigenvalue weighted by molar-refractivity contribution is 1.13. The second-order valence-electron chi connectivity index (χ2n) is 2.83. The lowest BCUT2D eigenvalue weighted by Gasteiger charge is -2.04. The summed E-state index contributed by atoms with van der Waals surface area (Å²) in [6, 6.07) is 6.04. The molecule has 1 aromatic rings. The van der Waals surface area contributed by atoms with Crippen molar-refractivity contribution in [3.8, 4) is 0 Å². The molecule has 0 aromatic heterocycles. The van der Waals surface area contributed by atoms with Crippen molar-refractivity contribution in [1.82, 2.24) is 0 Å². The maximum Gasteiger partial charge on any atom is 0.0366 e. The molecule has 0 radical (unpaired) electrons. The minimum atomic E-state index is 0.579. The number of nitrogens with one attached hydrogen (secondary N) is 1. The Balaban J connectivity index is 0.000000791. The summed E-state index contributed by atoms with van der Waals surface area (Å²) in [5.41, 5.74) is 2.78. The molecule has 0 atom stereocenters. The van der Waals surface area contributed by atoms with Gasteiger partial charge in [0.25, 0.3) is 0 Å². The number of benzene rings is 1. The van der Waals surface area contributed by atoms with E-state index in [0.717, 1.165) is 16.9 Å². The lowest BCUT2D eigenvalue weighted by Crippen LogP contribution is -1.95. The fraction of sp³-hybridized carbons (Fsp3) is 0.417. The van der Waals surface area contributed by atoms with E-state index >= 15 is 0 Å². The second kappa shape index (κ2) is 6.66. The third kappa shape index (κ3) is 3.54. The minimum Gasteiger partial charge on any atom is -0.305 e. The van der Waals surface area contributed by atoms with Gasteiger partial charge in [-0.2, -0.15) is 0 Å². The zero-order valence-corrected chi connectivity index (χ0v) is 10.3. The predicted octanol–water partition coefficient (Wildman–Crippen LogP) is 3.95. The molecule has 0 bridgehead atoms. The molecule has 0 saturated heterocycles. The fourth-order valence-corrected chi connectivity index (χ4v) is 1.41. The third-order valence-electron chi connectivity index (χ3n) is 1.87. The van der Waals surface area contributed by atoms with E-state index in [1.807, 2.05) is 26.0 Å². The first-order valence-electron chi connectivity index (χ1n) is 5.02. The van der Waals surface area contributed by atoms with Crippen LogP contribution in [0.3, 0.4) is 0 Å². The number of thiol groups is 1. The second-order valence-corrected chi connectivity index (χ2v) is 3.31. The van der Waals surface area contributed by atoms with E-state index < -0.39 is 0 Å². The molecule has 0 fully saturated rings. The molecule has 1 aromatic carbocycles. The van der Waals surface area contributed by atoms with Crippen LogP contribution in [0.15, 0.2) is 23.1 Å². The first-order chi connectivity index (χ1) is 6.65. The Morgan fingerprint density at radius 3 is 2.36 bits per heavy atom. The molecular formula is C12H19NS. The summed E-state index contributed by atoms with van der Waals surface area (Å²) < 4.78 is 0. The van der Waals surface area contributed by atoms with E-state index in [4.69, 9.17) is 5.41 Å². The smallest absolute Gasteiger partial charge is 0.0366 e. The van der Waals surface area contributed by atoms with Crippen molar-refractivity contribution in [2.24, 2.45) is 0 Å². The van der Waals surface area contributed by atoms with Crippen molar-refractivity contribution in [3.63, 3.8) is 0 Å². The van der Waals surface area contributed by atoms with Crippen LogP contribution in [0.4, 0.5) is 0 Å². The highest BCUT2D eigenvalue weighted by atomic mass is 32.1. The van der Waals surface area contributed by atoms with Crippen LogP contribution in [0, 0.1) is 5.41 Å². The van der Waals surface area contributed by atoms with Gasteiger partial charge in [0, 0.05) is 16.2 Å². The first-order valence-corrected chi connectivity index (χ1v) is 5.47. The fourth-order valence-electron chi connectivity index (χ4n) is 1.10. The summed E-state index contributed by atoms with van der Waals surface area (Å²) in [5, 5.41) is 7.50. The van der Waals surface area contributed by atoms with Gasteiger partial charge in [-0.3, -0.25) is 0 Å². The highest BCUT2D eigenvalue weighted by Crippen LogP contribution is 2.16. The van der Waals surface area contributed by atoms with Gasteiger partial charge < -0.3 is 5.41 Å². The van der Waals surface area contributed by atoms with Gasteiger partial charge in [0.2, 0.25) is 0 Å². The van der Waals surface area contributed by atoms with Gasteiger partial charge >= 0.3 is 0 Å². The third-order valence-corrected chi connectivity index (χ3v) is 2.26. The van der Waals surface area contributed by atoms with Crippen molar-refractivity contribution in [3.05, 3.63) is 29.3 Å². The largest absolute Gasteiger partial charge is 0.305 e. The normalized spacial score (nSPS) is 8.93. The van der Waals surface area contributed by atoms with Gasteiger partial charge in [-0.15, -0.1) is 12.6 Å². The van der Waals surface area contributed by atoms with Crippen molar-refractivity contribution in [1.29, 1.82) is 5.41 Å². The van der Waals surface area contributed by atoms with Crippen LogP contribution in [0.2, 0.25) is 0 Å². The predicted molar refractivity (Wildman–Crippen MR) is 66.9 cm³/mol. The van der Waals surface area contributed by atoms with Crippen LogP contribution in [-0.4, -0.2) is 5.71 Å². The quantitative estimate of drug-likeness (QED) is 0.544. The van der Waals surface area contributed by atoms with Crippen molar-refractivity contribution < 1.29 is 0 Å². The molecule has 0 aliphatic rings. The Bertz CT molecular complexity index is 305. The van der Waals surface area contributed by atoms with Gasteiger partial charge in [-0.25, -0.2) is 0 Å². The summed E-state index contributed by atoms with van der Waals surface area (Å²) in [7, 11) is 0. The average molecular weight is 209 g/mol. The Labute approximate surface area is 92.5 Å². The summed E-state index contributed by atoms with van der Waals surface area (Å²) in [5.74, 6) is 0. The molecule has 0 spiro atoms. The average Bonchev–Trinajstić information content (AvgIpc) is 2.21. The van der Waals surface area contributed by atoms with Crippen molar-refractivity contribution in [2.45, 2.75) is 39.0 Å². The molecule has 0 aliphatic carbocycles. The molecule has 0 heterocycles. The summed E-state index contributed by atoms with van der Waals surface area (Å²) >= 11 is 4.28. The maximum atomic E-state index is 7.50. The zero-order chi connectivity index (χ0) is 11.1. The van der Waals surface area contributed by atoms with Crippen molar-refractivity contribution >= 4 is 18.3 Å². The molecular weight excluding hydrogens is 190 g/mol. The highest BCUT2D eigenvalue weighted by Gasteiger charge is 2.01. The van der Waals surface area contributed by atoms with E-state index in [9.17, 15) is 0 Å². The first kappa shape index (κ1) is 13.2. The van der Waals surface area contributed by atoms with Crippen molar-refractivity contribution in [2.75, 3.05) is 0 Å². The number of hydrogen-bond acceptors (Lipinski definition) is 2. The van der Waals surface area contributed by atoms with E-state index in [1.54, 1.807) is 6.92 Å². The van der Waals surface area contributed by atoms with Gasteiger partial charge in [0.1, 0.15) is 0 Å². The van der Waals surface area contributed by atoms with Crippen LogP contribution in [0.1, 0.15) is 38.8 Å². The molecule has 1 nitrogen and oxygen atoms in total. The molecule has 1 rings (SSSR count). The SMILES string of the molecule is CC.CCc1ccc(S)c(C(C)=N)c1. The zero-order valence-electron chi connectivity index (χ0n) is 9.39. The Hall–Kier alpha value is -0.760. The summed E-state index contributed by atoms with van der Waals surface area (Å²) in [6.45, 7) is 7.89. The van der Waals surface area contributed by atoms with E-state index in [0.29, 0.717) is 5.71 Å². The van der Waals surface area contributed by atoms with Crippen LogP contribution in [0.25, 0.3) is 0 Å². The molecule has 0 amide bonds. The monoisotopic (exact) mass is 209 g/mol. The summed E-state index contributed by atoms with van der Waals surface area (Å²) in [4.78, 5) is 0.889. The standard InChI is InChI=1S/C10H13NS.C2H6/c1-3-8-4-5-10(12)9(6-8)7(2)11;1-2/h4-6,11-12H,3H2,1-2H3;1-2H3. The van der Waals surface area contributed by atoms with Gasteiger partial charge in [0.05, 0.1) is 0 Å².